The minimum Gasteiger partial charge on any atom is -0.213 e. The van der Waals surface area contributed by atoms with E-state index in [1.165, 1.54) is 11.9 Å². The number of rotatable bonds is 0. The number of alkyl halides is 2. The second kappa shape index (κ2) is 2.10. The smallest absolute Gasteiger partial charge is 0.199 e. The van der Waals surface area contributed by atoms with Crippen molar-refractivity contribution in [3.63, 3.8) is 0 Å². The normalized spacial score (nSPS) is 26.9. The lowest BCUT2D eigenvalue weighted by atomic mass is 10.6. The van der Waals surface area contributed by atoms with E-state index in [4.69, 9.17) is 23.2 Å². The fourth-order valence-electron chi connectivity index (χ4n) is 0.379. The van der Waals surface area contributed by atoms with E-state index in [9.17, 15) is 0 Å². The molecule has 0 aromatic rings. The zero-order chi connectivity index (χ0) is 6.20. The highest BCUT2D eigenvalue weighted by Crippen LogP contribution is 2.38. The maximum atomic E-state index is 5.70. The minimum absolute atomic E-state index is 0.787. The Hall–Kier alpha value is 0.630. The topological polar surface area (TPSA) is 3.24 Å². The number of hydrogen-bond acceptors (Lipinski definition) is 2. The first-order valence-corrected chi connectivity index (χ1v) is 3.68. The van der Waals surface area contributed by atoms with Crippen LogP contribution in [0.5, 0.6) is 0 Å². The Labute approximate surface area is 62.8 Å². The molecule has 8 heavy (non-hydrogen) atoms. The average Bonchev–Trinajstić information content (AvgIpc) is 1.86. The molecular weight excluding hydrogens is 165 g/mol. The number of nitrogens with zero attached hydrogens (tertiary/aromatic N) is 1. The van der Waals surface area contributed by atoms with Gasteiger partial charge in [0.25, 0.3) is 0 Å². The summed E-state index contributed by atoms with van der Waals surface area (Å²) in [6, 6.07) is 0. The lowest BCUT2D eigenvalue weighted by Gasteiger charge is -2.18. The van der Waals surface area contributed by atoms with Gasteiger partial charge in [-0.1, -0.05) is 23.2 Å². The predicted molar refractivity (Wildman–Crippen MR) is 38.9 cm³/mol. The second-order valence-corrected chi connectivity index (χ2v) is 3.87. The summed E-state index contributed by atoms with van der Waals surface area (Å²) in [6.07, 6.45) is 1.74. The van der Waals surface area contributed by atoms with E-state index >= 15 is 0 Å². The number of hydrogen-bond donors (Lipinski definition) is 0. The molecule has 4 heteroatoms. The summed E-state index contributed by atoms with van der Waals surface area (Å²) < 4.78 is 0.973. The monoisotopic (exact) mass is 169 g/mol. The van der Waals surface area contributed by atoms with Crippen LogP contribution in [0.3, 0.4) is 0 Å². The molecule has 0 N–H and O–H groups in total. The molecule has 0 spiro atoms. The highest BCUT2D eigenvalue weighted by molar-refractivity contribution is 8.00. The van der Waals surface area contributed by atoms with Crippen LogP contribution in [0.25, 0.3) is 0 Å². The van der Waals surface area contributed by atoms with E-state index < -0.39 is 4.46 Å². The van der Waals surface area contributed by atoms with Crippen molar-refractivity contribution in [3.8, 4) is 0 Å². The fourth-order valence-corrected chi connectivity index (χ4v) is 1.54. The summed E-state index contributed by atoms with van der Waals surface area (Å²) in [5.41, 5.74) is 0. The molecule has 0 aromatic heterocycles. The van der Waals surface area contributed by atoms with E-state index in [-0.39, 0.29) is 0 Å². The Kier molecular flexibility index (Phi) is 1.77. The predicted octanol–water partition coefficient (Wildman–Crippen LogP) is 2.23. The largest absolute Gasteiger partial charge is 0.213 e. The molecule has 0 radical (unpaired) electrons. The van der Waals surface area contributed by atoms with Crippen LogP contribution >= 0.6 is 35.1 Å². The highest BCUT2D eigenvalue weighted by Gasteiger charge is 2.29. The average molecular weight is 170 g/mol. The Balaban J connectivity index is 2.67. The van der Waals surface area contributed by atoms with Crippen molar-refractivity contribution in [1.29, 1.82) is 0 Å². The van der Waals surface area contributed by atoms with Gasteiger partial charge in [-0.15, -0.1) is 0 Å². The van der Waals surface area contributed by atoms with E-state index in [1.807, 2.05) is 12.5 Å². The van der Waals surface area contributed by atoms with Crippen LogP contribution in [0.15, 0.2) is 11.5 Å². The van der Waals surface area contributed by atoms with E-state index in [1.54, 1.807) is 10.4 Å². The molecule has 0 atom stereocenters. The van der Waals surface area contributed by atoms with Crippen molar-refractivity contribution in [1.82, 2.24) is 4.31 Å². The minimum atomic E-state index is -0.787. The van der Waals surface area contributed by atoms with Gasteiger partial charge in [0.05, 0.1) is 0 Å². The molecule has 0 aromatic carbocycles. The molecule has 0 unspecified atom stereocenters. The van der Waals surface area contributed by atoms with Crippen LogP contribution in [0.1, 0.15) is 0 Å². The van der Waals surface area contributed by atoms with Gasteiger partial charge in [0.15, 0.2) is 4.46 Å². The molecule has 0 saturated heterocycles. The van der Waals surface area contributed by atoms with Crippen LogP contribution in [-0.4, -0.2) is 15.8 Å². The molecule has 0 aliphatic carbocycles. The van der Waals surface area contributed by atoms with Gasteiger partial charge in [0, 0.05) is 7.05 Å². The molecule has 0 bridgehead atoms. The summed E-state index contributed by atoms with van der Waals surface area (Å²) in [4.78, 5) is 0. The van der Waals surface area contributed by atoms with Gasteiger partial charge < -0.3 is 0 Å². The van der Waals surface area contributed by atoms with Gasteiger partial charge in [-0.25, -0.2) is 4.31 Å². The van der Waals surface area contributed by atoms with Crippen LogP contribution in [0.2, 0.25) is 0 Å². The second-order valence-electron chi connectivity index (χ2n) is 1.49. The molecule has 0 saturated carbocycles. The first kappa shape index (κ1) is 6.75. The lowest BCUT2D eigenvalue weighted by molar-refractivity contribution is 0.557. The van der Waals surface area contributed by atoms with E-state index in [0.717, 1.165) is 0 Å². The quantitative estimate of drug-likeness (QED) is 0.311. The van der Waals surface area contributed by atoms with Gasteiger partial charge in [0.2, 0.25) is 0 Å². The molecule has 0 amide bonds. The zero-order valence-corrected chi connectivity index (χ0v) is 6.59. The van der Waals surface area contributed by atoms with Gasteiger partial charge in [0.1, 0.15) is 0 Å². The van der Waals surface area contributed by atoms with Crippen LogP contribution < -0.4 is 0 Å². The molecule has 1 aliphatic rings. The third-order valence-electron chi connectivity index (χ3n) is 0.907. The molecule has 1 aliphatic heterocycles. The zero-order valence-electron chi connectivity index (χ0n) is 4.27. The van der Waals surface area contributed by atoms with E-state index in [2.05, 4.69) is 0 Å². The van der Waals surface area contributed by atoms with Crippen LogP contribution in [0.4, 0.5) is 0 Å². The Morgan fingerprint density at radius 2 is 2.25 bits per heavy atom. The maximum Gasteiger partial charge on any atom is 0.199 e. The van der Waals surface area contributed by atoms with E-state index in [0.29, 0.717) is 0 Å². The Morgan fingerprint density at radius 1 is 1.62 bits per heavy atom. The summed E-state index contributed by atoms with van der Waals surface area (Å²) in [7, 11) is 1.84. The highest BCUT2D eigenvalue weighted by atomic mass is 35.5. The Bertz CT molecular complexity index is 123. The Morgan fingerprint density at radius 3 is 2.38 bits per heavy atom. The van der Waals surface area contributed by atoms with Crippen molar-refractivity contribution >= 4 is 35.1 Å². The molecule has 46 valence electrons. The molecule has 0 fully saturated rings. The molecule has 1 nitrogen and oxygen atoms in total. The molecule has 1 heterocycles. The van der Waals surface area contributed by atoms with Gasteiger partial charge in [-0.2, -0.15) is 0 Å². The third kappa shape index (κ3) is 1.13. The standard InChI is InChI=1S/C4H5Cl2NS/c1-7-4(5,6)2-3-8-7/h2-3H,1H3. The van der Waals surface area contributed by atoms with Crippen molar-refractivity contribution in [2.75, 3.05) is 7.05 Å². The van der Waals surface area contributed by atoms with Crippen molar-refractivity contribution < 1.29 is 0 Å². The van der Waals surface area contributed by atoms with Gasteiger partial charge in [-0.3, -0.25) is 0 Å². The molecule has 1 rings (SSSR count). The molecular formula is C4H5Cl2NS. The van der Waals surface area contributed by atoms with Crippen LogP contribution in [-0.2, 0) is 0 Å². The third-order valence-corrected chi connectivity index (χ3v) is 2.73. The number of halogens is 2. The first-order chi connectivity index (χ1) is 3.63. The summed E-state index contributed by atoms with van der Waals surface area (Å²) >= 11 is 12.9. The lowest BCUT2D eigenvalue weighted by Crippen LogP contribution is -2.23. The van der Waals surface area contributed by atoms with Gasteiger partial charge in [-0.05, 0) is 23.4 Å². The fraction of sp³-hybridized carbons (Fsp3) is 0.500. The summed E-state index contributed by atoms with van der Waals surface area (Å²) in [6.45, 7) is 0. The summed E-state index contributed by atoms with van der Waals surface area (Å²) in [5, 5.41) is 1.86. The van der Waals surface area contributed by atoms with Gasteiger partial charge >= 0.3 is 0 Å². The van der Waals surface area contributed by atoms with Crippen molar-refractivity contribution in [2.24, 2.45) is 0 Å². The maximum absolute atomic E-state index is 5.70. The summed E-state index contributed by atoms with van der Waals surface area (Å²) in [5.74, 6) is 0. The van der Waals surface area contributed by atoms with Crippen LogP contribution in [0, 0.1) is 0 Å². The first-order valence-electron chi connectivity index (χ1n) is 2.09. The SMILES string of the molecule is CN1SC=CC1(Cl)Cl. The van der Waals surface area contributed by atoms with Crippen molar-refractivity contribution in [3.05, 3.63) is 11.5 Å². The number of likely N-dealkylation sites (N-methyl/N-ethyl adjacent to an activating group) is 1. The van der Waals surface area contributed by atoms with Crippen molar-refractivity contribution in [2.45, 2.75) is 4.46 Å².